The molecule has 0 atom stereocenters. The molecule has 29 heavy (non-hydrogen) atoms. The average Bonchev–Trinajstić information content (AvgIpc) is 3.01. The molecule has 10 heteroatoms. The van der Waals surface area contributed by atoms with Crippen molar-refractivity contribution in [1.29, 1.82) is 0 Å². The predicted molar refractivity (Wildman–Crippen MR) is 109 cm³/mol. The first-order chi connectivity index (χ1) is 13.9. The standard InChI is InChI=1S/C19H20F2N6OS/c1-11-6-15(17(20)21)26-19(25-11)29-10-14-7-13(4-5-16(14)28-3)8-23-27-9-12(2)24-18(27)22/h4-9,17H,10H2,1-3H3,(H2,22,24). The SMILES string of the molecule is COc1ccc(C=Nn2cc(C)nc2N)cc1CSc1nc(C)cc(C(F)F)n1. The molecule has 0 aliphatic rings. The molecule has 152 valence electrons. The van der Waals surface area contributed by atoms with Gasteiger partial charge in [-0.15, -0.1) is 0 Å². The molecule has 0 bridgehead atoms. The normalized spacial score (nSPS) is 11.5. The quantitative estimate of drug-likeness (QED) is 0.354. The maximum Gasteiger partial charge on any atom is 0.280 e. The lowest BCUT2D eigenvalue weighted by atomic mass is 10.1. The summed E-state index contributed by atoms with van der Waals surface area (Å²) in [5.74, 6) is 1.42. The van der Waals surface area contributed by atoms with Gasteiger partial charge in [0.2, 0.25) is 5.95 Å². The molecule has 0 spiro atoms. The number of thioether (sulfide) groups is 1. The highest BCUT2D eigenvalue weighted by atomic mass is 32.2. The van der Waals surface area contributed by atoms with E-state index in [4.69, 9.17) is 10.5 Å². The number of ether oxygens (including phenoxy) is 1. The van der Waals surface area contributed by atoms with E-state index in [2.05, 4.69) is 20.1 Å². The van der Waals surface area contributed by atoms with E-state index in [0.29, 0.717) is 28.3 Å². The summed E-state index contributed by atoms with van der Waals surface area (Å²) in [6.07, 6.45) is 0.745. The summed E-state index contributed by atoms with van der Waals surface area (Å²) < 4.78 is 32.8. The molecule has 0 aliphatic heterocycles. The van der Waals surface area contributed by atoms with Crippen LogP contribution in [0.4, 0.5) is 14.7 Å². The minimum atomic E-state index is -2.63. The maximum absolute atomic E-state index is 13.0. The lowest BCUT2D eigenvalue weighted by Gasteiger charge is -2.10. The summed E-state index contributed by atoms with van der Waals surface area (Å²) in [5.41, 5.74) is 8.47. The van der Waals surface area contributed by atoms with Crippen molar-refractivity contribution >= 4 is 23.9 Å². The molecule has 2 N–H and O–H groups in total. The Kier molecular flexibility index (Phi) is 6.42. The summed E-state index contributed by atoms with van der Waals surface area (Å²) in [4.78, 5) is 12.2. The van der Waals surface area contributed by atoms with Gasteiger partial charge in [-0.1, -0.05) is 11.8 Å². The Bertz CT molecular complexity index is 1040. The number of halogens is 2. The molecule has 0 saturated heterocycles. The molecular formula is C19H20F2N6OS. The number of nitrogen functional groups attached to an aromatic ring is 1. The van der Waals surface area contributed by atoms with E-state index in [0.717, 1.165) is 16.8 Å². The minimum absolute atomic E-state index is 0.277. The van der Waals surface area contributed by atoms with E-state index in [1.165, 1.54) is 22.5 Å². The minimum Gasteiger partial charge on any atom is -0.496 e. The number of rotatable bonds is 7. The molecule has 0 amide bonds. The molecular weight excluding hydrogens is 398 g/mol. The number of nitrogens with zero attached hydrogens (tertiary/aromatic N) is 5. The second-order valence-corrected chi connectivity index (χ2v) is 7.15. The van der Waals surface area contributed by atoms with Gasteiger partial charge in [0.05, 0.1) is 25.2 Å². The molecule has 0 fully saturated rings. The first-order valence-corrected chi connectivity index (χ1v) is 9.63. The Morgan fingerprint density at radius 3 is 2.66 bits per heavy atom. The fraction of sp³-hybridized carbons (Fsp3) is 0.263. The van der Waals surface area contributed by atoms with Gasteiger partial charge in [0.25, 0.3) is 6.43 Å². The van der Waals surface area contributed by atoms with E-state index in [-0.39, 0.29) is 5.69 Å². The fourth-order valence-electron chi connectivity index (χ4n) is 2.60. The predicted octanol–water partition coefficient (Wildman–Crippen LogP) is 3.99. The zero-order valence-corrected chi connectivity index (χ0v) is 17.0. The highest BCUT2D eigenvalue weighted by Crippen LogP contribution is 2.28. The maximum atomic E-state index is 13.0. The van der Waals surface area contributed by atoms with E-state index in [9.17, 15) is 8.78 Å². The van der Waals surface area contributed by atoms with Gasteiger partial charge in [0, 0.05) is 17.0 Å². The van der Waals surface area contributed by atoms with Crippen molar-refractivity contribution in [3.63, 3.8) is 0 Å². The van der Waals surface area contributed by atoms with Crippen molar-refractivity contribution in [2.45, 2.75) is 31.2 Å². The van der Waals surface area contributed by atoms with E-state index in [1.807, 2.05) is 25.1 Å². The highest BCUT2D eigenvalue weighted by Gasteiger charge is 2.13. The zero-order chi connectivity index (χ0) is 21.0. The zero-order valence-electron chi connectivity index (χ0n) is 16.1. The van der Waals surface area contributed by atoms with Gasteiger partial charge in [-0.3, -0.25) is 0 Å². The first-order valence-electron chi connectivity index (χ1n) is 8.65. The number of benzene rings is 1. The Labute approximate surface area is 171 Å². The highest BCUT2D eigenvalue weighted by molar-refractivity contribution is 7.98. The van der Waals surface area contributed by atoms with Crippen LogP contribution in [0.2, 0.25) is 0 Å². The molecule has 7 nitrogen and oxygen atoms in total. The molecule has 3 aromatic rings. The summed E-state index contributed by atoms with van der Waals surface area (Å²) >= 11 is 1.26. The number of methoxy groups -OCH3 is 1. The molecule has 0 unspecified atom stereocenters. The largest absolute Gasteiger partial charge is 0.496 e. The number of aryl methyl sites for hydroxylation is 2. The number of anilines is 1. The molecule has 3 rings (SSSR count). The topological polar surface area (TPSA) is 91.2 Å². The summed E-state index contributed by atoms with van der Waals surface area (Å²) in [7, 11) is 1.57. The number of aromatic nitrogens is 4. The van der Waals surface area contributed by atoms with Crippen LogP contribution in [0.1, 0.15) is 34.6 Å². The molecule has 0 radical (unpaired) electrons. The summed E-state index contributed by atoms with van der Waals surface area (Å²) in [6, 6.07) is 6.87. The van der Waals surface area contributed by atoms with Gasteiger partial charge in [-0.25, -0.2) is 28.4 Å². The van der Waals surface area contributed by atoms with Gasteiger partial charge in [0.15, 0.2) is 5.16 Å². The molecule has 1 aromatic carbocycles. The van der Waals surface area contributed by atoms with Crippen LogP contribution in [0.5, 0.6) is 5.75 Å². The number of nitrogens with two attached hydrogens (primary N) is 1. The van der Waals surface area contributed by atoms with Crippen molar-refractivity contribution in [1.82, 2.24) is 19.6 Å². The van der Waals surface area contributed by atoms with Crippen LogP contribution in [0.25, 0.3) is 0 Å². The van der Waals surface area contributed by atoms with Crippen LogP contribution in [0.15, 0.2) is 40.7 Å². The molecule has 0 saturated carbocycles. The second-order valence-electron chi connectivity index (χ2n) is 6.21. The fourth-order valence-corrected chi connectivity index (χ4v) is 3.49. The van der Waals surface area contributed by atoms with E-state index in [1.54, 1.807) is 26.4 Å². The second kappa shape index (κ2) is 8.99. The van der Waals surface area contributed by atoms with Crippen LogP contribution in [-0.2, 0) is 5.75 Å². The summed E-state index contributed by atoms with van der Waals surface area (Å²) in [5, 5.41) is 4.60. The van der Waals surface area contributed by atoms with Crippen LogP contribution in [-0.4, -0.2) is 33.0 Å². The molecule has 2 aromatic heterocycles. The number of hydrogen-bond acceptors (Lipinski definition) is 7. The van der Waals surface area contributed by atoms with Gasteiger partial charge in [-0.05, 0) is 43.7 Å². The average molecular weight is 418 g/mol. The van der Waals surface area contributed by atoms with Gasteiger partial charge in [-0.2, -0.15) is 5.10 Å². The Hall–Kier alpha value is -3.01. The summed E-state index contributed by atoms with van der Waals surface area (Å²) in [6.45, 7) is 3.50. The third kappa shape index (κ3) is 5.29. The van der Waals surface area contributed by atoms with Crippen molar-refractivity contribution in [2.75, 3.05) is 12.8 Å². The number of alkyl halides is 2. The van der Waals surface area contributed by atoms with Crippen molar-refractivity contribution in [3.05, 3.63) is 58.7 Å². The van der Waals surface area contributed by atoms with Crippen LogP contribution in [0.3, 0.4) is 0 Å². The first kappa shape index (κ1) is 20.7. The van der Waals surface area contributed by atoms with E-state index < -0.39 is 6.43 Å². The number of hydrogen-bond donors (Lipinski definition) is 1. The third-order valence-corrected chi connectivity index (χ3v) is 4.80. The van der Waals surface area contributed by atoms with Crippen LogP contribution >= 0.6 is 11.8 Å². The molecule has 0 aliphatic carbocycles. The van der Waals surface area contributed by atoms with Gasteiger partial charge >= 0.3 is 0 Å². The lowest BCUT2D eigenvalue weighted by Crippen LogP contribution is -1.99. The smallest absolute Gasteiger partial charge is 0.280 e. The van der Waals surface area contributed by atoms with Gasteiger partial charge in [0.1, 0.15) is 11.4 Å². The Morgan fingerprint density at radius 2 is 2.00 bits per heavy atom. The Balaban J connectivity index is 1.80. The van der Waals surface area contributed by atoms with E-state index >= 15 is 0 Å². The van der Waals surface area contributed by atoms with Crippen molar-refractivity contribution < 1.29 is 13.5 Å². The van der Waals surface area contributed by atoms with Crippen LogP contribution in [0, 0.1) is 13.8 Å². The van der Waals surface area contributed by atoms with Crippen LogP contribution < -0.4 is 10.5 Å². The van der Waals surface area contributed by atoms with Gasteiger partial charge < -0.3 is 10.5 Å². The Morgan fingerprint density at radius 1 is 1.21 bits per heavy atom. The third-order valence-electron chi connectivity index (χ3n) is 3.90. The number of imidazole rings is 1. The van der Waals surface area contributed by atoms with Crippen molar-refractivity contribution in [2.24, 2.45) is 5.10 Å². The lowest BCUT2D eigenvalue weighted by molar-refractivity contribution is 0.145. The monoisotopic (exact) mass is 418 g/mol. The van der Waals surface area contributed by atoms with Crippen molar-refractivity contribution in [3.8, 4) is 5.75 Å². The molecule has 2 heterocycles.